The van der Waals surface area contributed by atoms with E-state index in [0.29, 0.717) is 6.67 Å². The number of halogens is 1. The van der Waals surface area contributed by atoms with Gasteiger partial charge in [-0.05, 0) is 0 Å². The van der Waals surface area contributed by atoms with Gasteiger partial charge in [0, 0.05) is 0 Å². The summed E-state index contributed by atoms with van der Waals surface area (Å²) in [4.78, 5) is 3.67. The van der Waals surface area contributed by atoms with Gasteiger partial charge in [-0.25, -0.2) is 0 Å². The molecule has 6 heavy (non-hydrogen) atoms. The minimum Gasteiger partial charge on any atom is -0.277 e. The predicted molar refractivity (Wildman–Crippen MR) is 25.1 cm³/mol. The third-order valence-electron chi connectivity index (χ3n) is 0.554. The highest BCUT2D eigenvalue weighted by Gasteiger charge is 2.02. The molecule has 0 amide bonds. The summed E-state index contributed by atoms with van der Waals surface area (Å²) in [6, 6.07) is 0. The van der Waals surface area contributed by atoms with E-state index in [1.54, 1.807) is 0 Å². The summed E-state index contributed by atoms with van der Waals surface area (Å²) in [6.07, 6.45) is 2.60. The Morgan fingerprint density at radius 2 is 2.83 bits per heavy atom. The molecule has 1 radical (unpaired) electrons. The Hall–Kier alpha value is -0.0800. The summed E-state index contributed by atoms with van der Waals surface area (Å²) in [7, 11) is 0. The molecule has 1 heterocycles. The van der Waals surface area contributed by atoms with Gasteiger partial charge in [-0.1, -0.05) is 11.6 Å². The fourth-order valence-electron chi connectivity index (χ4n) is 0.297. The number of alkyl halides is 1. The van der Waals surface area contributed by atoms with E-state index in [-0.39, 0.29) is 5.50 Å². The molecule has 1 N–H and O–H groups in total. The molecular weight excluding hydrogens is 99.5 g/mol. The van der Waals surface area contributed by atoms with Crippen molar-refractivity contribution in [3.8, 4) is 0 Å². The highest BCUT2D eigenvalue weighted by molar-refractivity contribution is 6.28. The van der Waals surface area contributed by atoms with Crippen LogP contribution in [0.1, 0.15) is 0 Å². The summed E-state index contributed by atoms with van der Waals surface area (Å²) < 4.78 is 0. The topological polar surface area (TPSA) is 24.4 Å². The average molecular weight is 104 g/mol. The molecule has 0 fully saturated rings. The molecule has 1 rings (SSSR count). The summed E-state index contributed by atoms with van der Waals surface area (Å²) in [5.74, 6) is 0. The normalized spacial score (nSPS) is 31.8. The van der Waals surface area contributed by atoms with E-state index < -0.39 is 0 Å². The fourth-order valence-corrected chi connectivity index (χ4v) is 0.435. The van der Waals surface area contributed by atoms with Crippen LogP contribution in [0.15, 0.2) is 4.99 Å². The van der Waals surface area contributed by atoms with Gasteiger partial charge in [-0.3, -0.25) is 10.3 Å². The zero-order valence-corrected chi connectivity index (χ0v) is 3.87. The van der Waals surface area contributed by atoms with Gasteiger partial charge < -0.3 is 0 Å². The zero-order valence-electron chi connectivity index (χ0n) is 3.11. The second kappa shape index (κ2) is 1.58. The third-order valence-corrected chi connectivity index (χ3v) is 0.806. The zero-order chi connectivity index (χ0) is 4.41. The lowest BCUT2D eigenvalue weighted by atomic mass is 10.7. The summed E-state index contributed by atoms with van der Waals surface area (Å²) in [6.45, 7) is 0.619. The molecular formula is C3H4ClN2. The van der Waals surface area contributed by atoms with Crippen molar-refractivity contribution < 1.29 is 0 Å². The highest BCUT2D eigenvalue weighted by Crippen LogP contribution is 1.90. The third kappa shape index (κ3) is 0.698. The Labute approximate surface area is 41.2 Å². The largest absolute Gasteiger partial charge is 0.277 e. The maximum Gasteiger partial charge on any atom is 0.128 e. The maximum atomic E-state index is 5.40. The van der Waals surface area contributed by atoms with E-state index in [2.05, 4.69) is 16.5 Å². The van der Waals surface area contributed by atoms with E-state index in [1.165, 1.54) is 0 Å². The van der Waals surface area contributed by atoms with Crippen molar-refractivity contribution in [3.05, 3.63) is 0 Å². The first kappa shape index (κ1) is 4.09. The van der Waals surface area contributed by atoms with Gasteiger partial charge in [0.2, 0.25) is 0 Å². The van der Waals surface area contributed by atoms with E-state index in [9.17, 15) is 0 Å². The molecule has 0 spiro atoms. The Balaban J connectivity index is 2.38. The number of rotatable bonds is 0. The first-order valence-corrected chi connectivity index (χ1v) is 2.13. The van der Waals surface area contributed by atoms with Crippen molar-refractivity contribution in [2.75, 3.05) is 6.67 Å². The average Bonchev–Trinajstić information content (AvgIpc) is 1.86. The molecule has 3 heteroatoms. The van der Waals surface area contributed by atoms with Crippen molar-refractivity contribution in [2.24, 2.45) is 4.99 Å². The standard InChI is InChI=1S/C3H4ClN2/c4-3-1-5-2-6-3/h3,6H,2H2. The first-order chi connectivity index (χ1) is 2.89. The predicted octanol–water partition coefficient (Wildman–Crippen LogP) is 0.0598. The summed E-state index contributed by atoms with van der Waals surface area (Å²) in [5, 5.41) is 2.81. The molecule has 0 saturated heterocycles. The minimum atomic E-state index is -0.148. The number of nitrogens with zero attached hydrogens (tertiary/aromatic N) is 1. The Morgan fingerprint density at radius 1 is 2.00 bits per heavy atom. The molecule has 1 atom stereocenters. The number of aliphatic imine (C=N–C) groups is 1. The lowest BCUT2D eigenvalue weighted by Crippen LogP contribution is -2.16. The molecule has 0 bridgehead atoms. The molecule has 0 aromatic rings. The molecule has 2 nitrogen and oxygen atoms in total. The van der Waals surface area contributed by atoms with Gasteiger partial charge in [-0.2, -0.15) is 0 Å². The van der Waals surface area contributed by atoms with Crippen LogP contribution in [0.4, 0.5) is 0 Å². The first-order valence-electron chi connectivity index (χ1n) is 1.69. The van der Waals surface area contributed by atoms with Gasteiger partial charge in [0.1, 0.15) is 5.50 Å². The van der Waals surface area contributed by atoms with Crippen LogP contribution in [0.5, 0.6) is 0 Å². The molecule has 1 aliphatic heterocycles. The van der Waals surface area contributed by atoms with Gasteiger partial charge in [0.05, 0.1) is 12.9 Å². The molecule has 0 aliphatic carbocycles. The minimum absolute atomic E-state index is 0.148. The van der Waals surface area contributed by atoms with Crippen LogP contribution in [0, 0.1) is 0 Å². The summed E-state index contributed by atoms with van der Waals surface area (Å²) >= 11 is 5.40. The molecule has 1 unspecified atom stereocenters. The van der Waals surface area contributed by atoms with E-state index in [0.717, 1.165) is 0 Å². The molecule has 33 valence electrons. The van der Waals surface area contributed by atoms with Crippen molar-refractivity contribution in [3.63, 3.8) is 0 Å². The highest BCUT2D eigenvalue weighted by atomic mass is 35.5. The van der Waals surface area contributed by atoms with Crippen molar-refractivity contribution >= 4 is 17.8 Å². The second-order valence-corrected chi connectivity index (χ2v) is 1.45. The van der Waals surface area contributed by atoms with Crippen LogP contribution in [0.2, 0.25) is 0 Å². The quantitative estimate of drug-likeness (QED) is 0.340. The molecule has 0 saturated carbocycles. The Kier molecular flexibility index (Phi) is 1.08. The van der Waals surface area contributed by atoms with Crippen molar-refractivity contribution in [2.45, 2.75) is 5.50 Å². The van der Waals surface area contributed by atoms with Gasteiger partial charge in [0.15, 0.2) is 0 Å². The monoisotopic (exact) mass is 103 g/mol. The second-order valence-electron chi connectivity index (χ2n) is 1.01. The van der Waals surface area contributed by atoms with E-state index >= 15 is 0 Å². The maximum absolute atomic E-state index is 5.40. The van der Waals surface area contributed by atoms with Crippen LogP contribution in [-0.4, -0.2) is 18.4 Å². The van der Waals surface area contributed by atoms with Gasteiger partial charge in [-0.15, -0.1) is 0 Å². The van der Waals surface area contributed by atoms with Gasteiger partial charge >= 0.3 is 0 Å². The van der Waals surface area contributed by atoms with Crippen LogP contribution in [0.25, 0.3) is 0 Å². The van der Waals surface area contributed by atoms with Crippen molar-refractivity contribution in [1.29, 1.82) is 0 Å². The van der Waals surface area contributed by atoms with Crippen LogP contribution in [-0.2, 0) is 0 Å². The van der Waals surface area contributed by atoms with Crippen LogP contribution < -0.4 is 5.32 Å². The Bertz CT molecular complexity index is 71.2. The lowest BCUT2D eigenvalue weighted by molar-refractivity contribution is 0.814. The fraction of sp³-hybridized carbons (Fsp3) is 0.667. The van der Waals surface area contributed by atoms with Crippen LogP contribution >= 0.6 is 11.6 Å². The molecule has 0 aromatic heterocycles. The smallest absolute Gasteiger partial charge is 0.128 e. The van der Waals surface area contributed by atoms with E-state index in [4.69, 9.17) is 11.6 Å². The molecule has 1 aliphatic rings. The van der Waals surface area contributed by atoms with Gasteiger partial charge in [0.25, 0.3) is 0 Å². The lowest BCUT2D eigenvalue weighted by Gasteiger charge is -1.88. The number of nitrogens with one attached hydrogen (secondary N) is 1. The number of hydrogen-bond donors (Lipinski definition) is 1. The summed E-state index contributed by atoms with van der Waals surface area (Å²) in [5.41, 5.74) is -0.148. The Morgan fingerprint density at radius 3 is 3.00 bits per heavy atom. The SMILES string of the molecule is ClC1[C]=NCN1. The number of hydrogen-bond acceptors (Lipinski definition) is 2. The van der Waals surface area contributed by atoms with Crippen LogP contribution in [0.3, 0.4) is 0 Å². The molecule has 0 aromatic carbocycles. The van der Waals surface area contributed by atoms with Crippen molar-refractivity contribution in [1.82, 2.24) is 5.32 Å². The van der Waals surface area contributed by atoms with E-state index in [1.807, 2.05) is 0 Å².